The summed E-state index contributed by atoms with van der Waals surface area (Å²) in [6.07, 6.45) is 5.91. The molecule has 0 saturated heterocycles. The normalized spacial score (nSPS) is 13.0. The minimum Gasteiger partial charge on any atom is -0.507 e. The van der Waals surface area contributed by atoms with Crippen molar-refractivity contribution in [3.05, 3.63) is 64.2 Å². The lowest BCUT2D eigenvalue weighted by molar-refractivity contribution is 0.444. The monoisotopic (exact) mass is 363 g/mol. The first kappa shape index (κ1) is 21.0. The molecule has 1 N–H and O–H groups in total. The van der Waals surface area contributed by atoms with Crippen molar-refractivity contribution in [3.63, 3.8) is 0 Å². The maximum Gasteiger partial charge on any atom is 0.128 e. The van der Waals surface area contributed by atoms with E-state index in [2.05, 4.69) is 72.7 Å². The van der Waals surface area contributed by atoms with Crippen LogP contribution in [0, 0.1) is 6.92 Å². The average Bonchev–Trinajstić information content (AvgIpc) is 2.54. The van der Waals surface area contributed by atoms with E-state index in [1.807, 2.05) is 25.1 Å². The molecule has 0 spiro atoms. The molecule has 0 saturated carbocycles. The summed E-state index contributed by atoms with van der Waals surface area (Å²) < 4.78 is 0. The van der Waals surface area contributed by atoms with Gasteiger partial charge in [0.25, 0.3) is 0 Å². The van der Waals surface area contributed by atoms with Gasteiger partial charge in [-0.3, -0.25) is 4.99 Å². The molecule has 27 heavy (non-hydrogen) atoms. The van der Waals surface area contributed by atoms with Gasteiger partial charge in [0.05, 0.1) is 5.69 Å². The van der Waals surface area contributed by atoms with E-state index in [4.69, 9.17) is 4.99 Å². The van der Waals surface area contributed by atoms with Gasteiger partial charge in [-0.05, 0) is 53.5 Å². The topological polar surface area (TPSA) is 32.6 Å². The van der Waals surface area contributed by atoms with Gasteiger partial charge in [0.15, 0.2) is 0 Å². The van der Waals surface area contributed by atoms with Crippen molar-refractivity contribution < 1.29 is 5.11 Å². The van der Waals surface area contributed by atoms with E-state index in [9.17, 15) is 5.11 Å². The first-order valence-electron chi connectivity index (χ1n) is 9.59. The van der Waals surface area contributed by atoms with Gasteiger partial charge in [-0.15, -0.1) is 0 Å². The quantitative estimate of drug-likeness (QED) is 0.581. The summed E-state index contributed by atoms with van der Waals surface area (Å²) in [5, 5.41) is 10.9. The fourth-order valence-electron chi connectivity index (χ4n) is 3.04. The lowest BCUT2D eigenvalue weighted by Gasteiger charge is -2.27. The summed E-state index contributed by atoms with van der Waals surface area (Å²) in [6.45, 7) is 17.0. The second kappa shape index (κ2) is 7.72. The summed E-state index contributed by atoms with van der Waals surface area (Å²) in [5.41, 5.74) is 5.99. The highest BCUT2D eigenvalue weighted by atomic mass is 16.3. The Balaban J connectivity index is 2.59. The van der Waals surface area contributed by atoms with Crippen LogP contribution in [0.5, 0.6) is 5.75 Å². The molecule has 0 atom stereocenters. The van der Waals surface area contributed by atoms with E-state index in [-0.39, 0.29) is 10.8 Å². The Bertz CT molecular complexity index is 874. The number of benzene rings is 2. The average molecular weight is 364 g/mol. The Kier molecular flexibility index (Phi) is 5.99. The van der Waals surface area contributed by atoms with Crippen LogP contribution in [0.25, 0.3) is 6.08 Å². The Hall–Kier alpha value is -2.35. The molecule has 144 valence electrons. The third kappa shape index (κ3) is 4.88. The minimum atomic E-state index is -0.143. The molecule has 0 unspecified atom stereocenters. The van der Waals surface area contributed by atoms with Crippen molar-refractivity contribution in [2.45, 2.75) is 66.2 Å². The molecular weight excluding hydrogens is 330 g/mol. The first-order chi connectivity index (χ1) is 12.4. The third-order valence-corrected chi connectivity index (χ3v) is 4.85. The highest BCUT2D eigenvalue weighted by molar-refractivity contribution is 5.87. The second-order valence-corrected chi connectivity index (χ2v) is 9.21. The maximum absolute atomic E-state index is 10.9. The van der Waals surface area contributed by atoms with Crippen molar-refractivity contribution in [3.8, 4) is 5.75 Å². The number of aromatic hydroxyl groups is 1. The molecule has 0 aliphatic heterocycles. The smallest absolute Gasteiger partial charge is 0.128 e. The number of phenols is 1. The van der Waals surface area contributed by atoms with E-state index >= 15 is 0 Å². The summed E-state index contributed by atoms with van der Waals surface area (Å²) in [6, 6.07) is 10.3. The molecule has 0 aromatic heterocycles. The zero-order valence-corrected chi connectivity index (χ0v) is 18.0. The number of phenolic OH excluding ortho intramolecular Hbond substituents is 1. The van der Waals surface area contributed by atoms with E-state index in [1.54, 1.807) is 6.21 Å². The number of nitrogens with zero attached hydrogens (tertiary/aromatic N) is 1. The Morgan fingerprint density at radius 3 is 2.15 bits per heavy atom. The van der Waals surface area contributed by atoms with Crippen LogP contribution in [0.15, 0.2) is 41.4 Å². The van der Waals surface area contributed by atoms with Crippen LogP contribution in [-0.2, 0) is 10.8 Å². The van der Waals surface area contributed by atoms with Crippen molar-refractivity contribution in [2.75, 3.05) is 0 Å². The van der Waals surface area contributed by atoms with Crippen LogP contribution in [0.2, 0.25) is 0 Å². The fraction of sp³-hybridized carbons (Fsp3) is 0.400. The minimum absolute atomic E-state index is 0.00194. The van der Waals surface area contributed by atoms with Crippen LogP contribution in [0.3, 0.4) is 0 Å². The Labute approximate surface area is 164 Å². The Morgan fingerprint density at radius 1 is 0.926 bits per heavy atom. The molecule has 0 aliphatic rings. The van der Waals surface area contributed by atoms with Gasteiger partial charge in [-0.2, -0.15) is 0 Å². The van der Waals surface area contributed by atoms with Gasteiger partial charge >= 0.3 is 0 Å². The molecular formula is C25H33NO. The summed E-state index contributed by atoms with van der Waals surface area (Å²) in [7, 11) is 0. The second-order valence-electron chi connectivity index (χ2n) is 9.21. The standard InChI is InChI=1S/C25H33NO/c1-9-11-18-12-10-13-22(17(18)2)26-16-19-14-20(24(3,4)5)15-21(23(19)27)25(6,7)8/h9-16,27H,1-8H3/b11-9-,26-16?. The highest BCUT2D eigenvalue weighted by Gasteiger charge is 2.24. The summed E-state index contributed by atoms with van der Waals surface area (Å²) >= 11 is 0. The number of allylic oxidation sites excluding steroid dienone is 1. The molecule has 0 fully saturated rings. The van der Waals surface area contributed by atoms with Crippen molar-refractivity contribution in [1.82, 2.24) is 0 Å². The number of hydrogen-bond donors (Lipinski definition) is 1. The zero-order chi connectivity index (χ0) is 20.4. The largest absolute Gasteiger partial charge is 0.507 e. The van der Waals surface area contributed by atoms with Crippen LogP contribution < -0.4 is 0 Å². The van der Waals surface area contributed by atoms with Gasteiger partial charge < -0.3 is 5.11 Å². The van der Waals surface area contributed by atoms with Crippen LogP contribution in [0.1, 0.15) is 76.3 Å². The van der Waals surface area contributed by atoms with E-state index in [0.29, 0.717) is 5.75 Å². The van der Waals surface area contributed by atoms with Gasteiger partial charge in [0.1, 0.15) is 5.75 Å². The molecule has 2 aromatic rings. The molecule has 0 amide bonds. The van der Waals surface area contributed by atoms with Crippen molar-refractivity contribution >= 4 is 18.0 Å². The van der Waals surface area contributed by atoms with Crippen LogP contribution in [0.4, 0.5) is 5.69 Å². The SMILES string of the molecule is C/C=C\c1cccc(N=Cc2cc(C(C)(C)C)cc(C(C)(C)C)c2O)c1C. The van der Waals surface area contributed by atoms with Gasteiger partial charge in [0, 0.05) is 17.3 Å². The molecule has 2 nitrogen and oxygen atoms in total. The number of hydrogen-bond acceptors (Lipinski definition) is 2. The summed E-state index contributed by atoms with van der Waals surface area (Å²) in [5.74, 6) is 0.321. The predicted octanol–water partition coefficient (Wildman–Crippen LogP) is 7.08. The molecule has 2 heteroatoms. The van der Waals surface area contributed by atoms with E-state index in [0.717, 1.165) is 27.9 Å². The molecule has 2 aromatic carbocycles. The molecule has 0 aliphatic carbocycles. The van der Waals surface area contributed by atoms with Crippen molar-refractivity contribution in [2.24, 2.45) is 4.99 Å². The first-order valence-corrected chi connectivity index (χ1v) is 9.59. The van der Waals surface area contributed by atoms with Gasteiger partial charge in [-0.25, -0.2) is 0 Å². The summed E-state index contributed by atoms with van der Waals surface area (Å²) in [4.78, 5) is 4.71. The predicted molar refractivity (Wildman–Crippen MR) is 119 cm³/mol. The van der Waals surface area contributed by atoms with E-state index in [1.165, 1.54) is 5.56 Å². The third-order valence-electron chi connectivity index (χ3n) is 4.85. The fourth-order valence-corrected chi connectivity index (χ4v) is 3.04. The zero-order valence-electron chi connectivity index (χ0n) is 18.0. The molecule has 0 radical (unpaired) electrons. The van der Waals surface area contributed by atoms with Gasteiger partial charge in [0.2, 0.25) is 0 Å². The van der Waals surface area contributed by atoms with Gasteiger partial charge in [-0.1, -0.05) is 71.9 Å². The molecule has 0 bridgehead atoms. The van der Waals surface area contributed by atoms with Crippen molar-refractivity contribution in [1.29, 1.82) is 0 Å². The van der Waals surface area contributed by atoms with Crippen LogP contribution >= 0.6 is 0 Å². The molecule has 2 rings (SSSR count). The van der Waals surface area contributed by atoms with Crippen LogP contribution in [-0.4, -0.2) is 11.3 Å². The maximum atomic E-state index is 10.9. The Morgan fingerprint density at radius 2 is 1.59 bits per heavy atom. The number of aliphatic imine (C=N–C) groups is 1. The highest BCUT2D eigenvalue weighted by Crippen LogP contribution is 2.37. The number of rotatable bonds is 3. The molecule has 0 heterocycles. The lowest BCUT2D eigenvalue weighted by atomic mass is 9.79. The lowest BCUT2D eigenvalue weighted by Crippen LogP contribution is -2.17. The van der Waals surface area contributed by atoms with E-state index < -0.39 is 0 Å².